The zero-order valence-electron chi connectivity index (χ0n) is 18.3. The van der Waals surface area contributed by atoms with Crippen LogP contribution in [0, 0.1) is 5.82 Å². The van der Waals surface area contributed by atoms with E-state index in [0.29, 0.717) is 28.8 Å². The van der Waals surface area contributed by atoms with Gasteiger partial charge >= 0.3 is 0 Å². The average molecular weight is 493 g/mol. The molecule has 0 aliphatic heterocycles. The summed E-state index contributed by atoms with van der Waals surface area (Å²) in [6, 6.07) is 24.0. The topological polar surface area (TPSA) is 72.5 Å². The second-order valence-electron chi connectivity index (χ2n) is 7.31. The van der Waals surface area contributed by atoms with Crippen molar-refractivity contribution in [3.8, 4) is 28.1 Å². The van der Waals surface area contributed by atoms with Crippen LogP contribution in [0.4, 0.5) is 4.39 Å². The van der Waals surface area contributed by atoms with E-state index in [1.54, 1.807) is 30.5 Å². The Hall–Kier alpha value is -3.55. The van der Waals surface area contributed by atoms with Crippen LogP contribution in [-0.2, 0) is 6.54 Å². The number of pyridine rings is 1. The second-order valence-corrected chi connectivity index (χ2v) is 8.63. The molecule has 34 heavy (non-hydrogen) atoms. The van der Waals surface area contributed by atoms with Gasteiger partial charge in [0.05, 0.1) is 19.3 Å². The van der Waals surface area contributed by atoms with Crippen LogP contribution >= 0.6 is 23.5 Å². The van der Waals surface area contributed by atoms with Crippen LogP contribution in [0.2, 0.25) is 5.02 Å². The van der Waals surface area contributed by atoms with Crippen molar-refractivity contribution in [2.45, 2.75) is 11.4 Å². The number of nitrogens with one attached hydrogen (secondary N) is 1. The van der Waals surface area contributed by atoms with Crippen molar-refractivity contribution in [3.63, 3.8) is 0 Å². The molecule has 0 radical (unpaired) electrons. The van der Waals surface area contributed by atoms with Crippen LogP contribution in [0.5, 0.6) is 5.75 Å². The molecular weight excluding hydrogens is 471 g/mol. The van der Waals surface area contributed by atoms with Crippen LogP contribution in [0.25, 0.3) is 22.4 Å². The van der Waals surface area contributed by atoms with Crippen LogP contribution in [0.15, 0.2) is 94.9 Å². The third-order valence-electron chi connectivity index (χ3n) is 4.97. The molecule has 0 saturated carbocycles. The zero-order valence-corrected chi connectivity index (χ0v) is 19.9. The van der Waals surface area contributed by atoms with Gasteiger partial charge in [-0.3, -0.25) is 9.71 Å². The smallest absolute Gasteiger partial charge is 0.199 e. The normalized spacial score (nSPS) is 11.3. The first kappa shape index (κ1) is 23.6. The molecule has 4 rings (SSSR count). The molecule has 4 aromatic rings. The number of guanidine groups is 1. The van der Waals surface area contributed by atoms with E-state index >= 15 is 0 Å². The van der Waals surface area contributed by atoms with E-state index in [-0.39, 0.29) is 5.75 Å². The Morgan fingerprint density at radius 3 is 2.50 bits per heavy atom. The summed E-state index contributed by atoms with van der Waals surface area (Å²) in [5, 5.41) is 0.628. The third-order valence-corrected chi connectivity index (χ3v) is 6.04. The summed E-state index contributed by atoms with van der Waals surface area (Å²) in [6.45, 7) is 0.313. The fourth-order valence-electron chi connectivity index (χ4n) is 3.29. The SMILES string of the molecule is COc1ccc(-c2cc(CN=C(N)NSc3ccccc3)cnc2-c2ccc(Cl)cc2)cc1F. The van der Waals surface area contributed by atoms with Crippen molar-refractivity contribution in [2.24, 2.45) is 10.7 Å². The van der Waals surface area contributed by atoms with E-state index in [0.717, 1.165) is 21.6 Å². The maximum Gasteiger partial charge on any atom is 0.199 e. The molecule has 0 fully saturated rings. The highest BCUT2D eigenvalue weighted by Gasteiger charge is 2.13. The van der Waals surface area contributed by atoms with Crippen LogP contribution in [-0.4, -0.2) is 18.1 Å². The monoisotopic (exact) mass is 492 g/mol. The number of ether oxygens (including phenoxy) is 1. The number of nitrogens with two attached hydrogens (primary N) is 1. The van der Waals surface area contributed by atoms with Gasteiger partial charge in [0.15, 0.2) is 17.5 Å². The fourth-order valence-corrected chi connectivity index (χ4v) is 4.00. The Bertz CT molecular complexity index is 1300. The molecule has 3 N–H and O–H groups in total. The van der Waals surface area contributed by atoms with Gasteiger partial charge in [-0.05, 0) is 65.5 Å². The molecule has 1 aromatic heterocycles. The Balaban J connectivity index is 1.62. The maximum absolute atomic E-state index is 14.5. The number of aliphatic imine (C=N–C) groups is 1. The fraction of sp³-hybridized carbons (Fsp3) is 0.0769. The number of aromatic nitrogens is 1. The summed E-state index contributed by atoms with van der Waals surface area (Å²) in [4.78, 5) is 10.1. The Morgan fingerprint density at radius 2 is 1.79 bits per heavy atom. The molecule has 0 amide bonds. The summed E-state index contributed by atoms with van der Waals surface area (Å²) in [5.74, 6) is 0.0322. The van der Waals surface area contributed by atoms with E-state index in [1.165, 1.54) is 25.1 Å². The molecule has 0 unspecified atom stereocenters. The maximum atomic E-state index is 14.5. The summed E-state index contributed by atoms with van der Waals surface area (Å²) < 4.78 is 22.6. The highest BCUT2D eigenvalue weighted by atomic mass is 35.5. The lowest BCUT2D eigenvalue weighted by Crippen LogP contribution is -2.25. The molecule has 172 valence electrons. The molecule has 0 aliphatic carbocycles. The van der Waals surface area contributed by atoms with Gasteiger partial charge in [0.25, 0.3) is 0 Å². The van der Waals surface area contributed by atoms with Crippen LogP contribution in [0.3, 0.4) is 0 Å². The van der Waals surface area contributed by atoms with Crippen molar-refractivity contribution in [1.82, 2.24) is 9.71 Å². The van der Waals surface area contributed by atoms with Gasteiger partial charge in [0.1, 0.15) is 0 Å². The minimum atomic E-state index is -0.447. The largest absolute Gasteiger partial charge is 0.494 e. The highest BCUT2D eigenvalue weighted by Crippen LogP contribution is 2.34. The molecule has 0 atom stereocenters. The lowest BCUT2D eigenvalue weighted by atomic mass is 9.97. The van der Waals surface area contributed by atoms with Crippen molar-refractivity contribution in [2.75, 3.05) is 7.11 Å². The molecule has 5 nitrogen and oxygen atoms in total. The van der Waals surface area contributed by atoms with Crippen molar-refractivity contribution >= 4 is 29.5 Å². The molecule has 3 aromatic carbocycles. The molecule has 0 aliphatic rings. The second kappa shape index (κ2) is 11.0. The predicted molar refractivity (Wildman–Crippen MR) is 137 cm³/mol. The standard InChI is InChI=1S/C26H22ClFN4OS/c1-33-24-12-9-19(14-23(24)28)22-13-17(15-30-25(22)18-7-10-20(27)11-8-18)16-31-26(29)32-34-21-5-3-2-4-6-21/h2-15H,16H2,1H3,(H3,29,31,32). The number of nitrogens with zero attached hydrogens (tertiary/aromatic N) is 2. The Morgan fingerprint density at radius 1 is 1.06 bits per heavy atom. The van der Waals surface area contributed by atoms with Crippen molar-refractivity contribution in [1.29, 1.82) is 0 Å². The van der Waals surface area contributed by atoms with E-state index in [2.05, 4.69) is 14.7 Å². The number of halogens is 2. The Kier molecular flexibility index (Phi) is 7.67. The lowest BCUT2D eigenvalue weighted by molar-refractivity contribution is 0.386. The highest BCUT2D eigenvalue weighted by molar-refractivity contribution is 7.98. The first-order valence-corrected chi connectivity index (χ1v) is 11.6. The van der Waals surface area contributed by atoms with Crippen molar-refractivity contribution < 1.29 is 9.13 Å². The van der Waals surface area contributed by atoms with Gasteiger partial charge in [-0.25, -0.2) is 9.38 Å². The van der Waals surface area contributed by atoms with E-state index in [1.807, 2.05) is 48.5 Å². The van der Waals surface area contributed by atoms with Gasteiger partial charge in [-0.1, -0.05) is 48.0 Å². The molecule has 1 heterocycles. The number of methoxy groups -OCH3 is 1. The predicted octanol–water partition coefficient (Wildman–Crippen LogP) is 6.33. The van der Waals surface area contributed by atoms with Crippen LogP contribution in [0.1, 0.15) is 5.56 Å². The van der Waals surface area contributed by atoms with Gasteiger partial charge in [0, 0.05) is 27.2 Å². The number of benzene rings is 3. The van der Waals surface area contributed by atoms with Crippen LogP contribution < -0.4 is 15.2 Å². The van der Waals surface area contributed by atoms with E-state index < -0.39 is 5.82 Å². The lowest BCUT2D eigenvalue weighted by Gasteiger charge is -2.13. The van der Waals surface area contributed by atoms with Gasteiger partial charge in [-0.15, -0.1) is 0 Å². The summed E-state index contributed by atoms with van der Waals surface area (Å²) in [5.41, 5.74) is 9.87. The summed E-state index contributed by atoms with van der Waals surface area (Å²) >= 11 is 7.44. The molecule has 0 bridgehead atoms. The molecule has 0 saturated heterocycles. The zero-order chi connectivity index (χ0) is 23.9. The quantitative estimate of drug-likeness (QED) is 0.179. The minimum Gasteiger partial charge on any atom is -0.494 e. The number of hydrogen-bond donors (Lipinski definition) is 2. The molecular formula is C26H22ClFN4OS. The molecule has 8 heteroatoms. The summed E-state index contributed by atoms with van der Waals surface area (Å²) in [6.07, 6.45) is 1.74. The van der Waals surface area contributed by atoms with Gasteiger partial charge in [0.2, 0.25) is 0 Å². The molecule has 0 spiro atoms. The van der Waals surface area contributed by atoms with E-state index in [4.69, 9.17) is 22.1 Å². The summed E-state index contributed by atoms with van der Waals surface area (Å²) in [7, 11) is 1.44. The Labute approximate surface area is 207 Å². The first-order valence-electron chi connectivity index (χ1n) is 10.4. The number of rotatable bonds is 7. The van der Waals surface area contributed by atoms with Gasteiger partial charge in [-0.2, -0.15) is 0 Å². The minimum absolute atomic E-state index is 0.181. The van der Waals surface area contributed by atoms with Crippen molar-refractivity contribution in [3.05, 3.63) is 101 Å². The number of hydrogen-bond acceptors (Lipinski definition) is 4. The first-order chi connectivity index (χ1) is 16.5. The van der Waals surface area contributed by atoms with Gasteiger partial charge < -0.3 is 10.5 Å². The van der Waals surface area contributed by atoms with E-state index in [9.17, 15) is 4.39 Å². The average Bonchev–Trinajstić information content (AvgIpc) is 2.87. The third kappa shape index (κ3) is 5.87.